The standard InChI is InChI=1S/C19H21N3O2/c1-13-11-17(19(24)22(13)16-5-3-2-4-6-16)21-18(23)15-9-7-14(12-20)8-10-15/h2-10,13,17H,11-12,20H2,1H3,(H,21,23). The number of nitrogens with two attached hydrogens (primary N) is 1. The predicted molar refractivity (Wildman–Crippen MR) is 93.6 cm³/mol. The summed E-state index contributed by atoms with van der Waals surface area (Å²) in [4.78, 5) is 26.8. The molecular weight excluding hydrogens is 302 g/mol. The van der Waals surface area contributed by atoms with Crippen molar-refractivity contribution in [2.24, 2.45) is 5.73 Å². The van der Waals surface area contributed by atoms with Gasteiger partial charge in [0.1, 0.15) is 6.04 Å². The first-order valence-electron chi connectivity index (χ1n) is 8.08. The summed E-state index contributed by atoms with van der Waals surface area (Å²) in [5, 5.41) is 2.85. The molecule has 3 N–H and O–H groups in total. The van der Waals surface area contributed by atoms with Gasteiger partial charge in [0.25, 0.3) is 5.91 Å². The molecule has 0 spiro atoms. The molecule has 1 saturated heterocycles. The number of para-hydroxylation sites is 1. The topological polar surface area (TPSA) is 75.4 Å². The highest BCUT2D eigenvalue weighted by Gasteiger charge is 2.38. The Labute approximate surface area is 141 Å². The number of nitrogens with zero attached hydrogens (tertiary/aromatic N) is 1. The number of nitrogens with one attached hydrogen (secondary N) is 1. The van der Waals surface area contributed by atoms with Gasteiger partial charge in [-0.1, -0.05) is 30.3 Å². The Kier molecular flexibility index (Phi) is 4.62. The lowest BCUT2D eigenvalue weighted by atomic mass is 10.1. The minimum absolute atomic E-state index is 0.0461. The third kappa shape index (κ3) is 3.16. The number of carbonyl (C=O) groups excluding carboxylic acids is 2. The van der Waals surface area contributed by atoms with E-state index < -0.39 is 6.04 Å². The quantitative estimate of drug-likeness (QED) is 0.904. The highest BCUT2D eigenvalue weighted by atomic mass is 16.2. The molecule has 2 unspecified atom stereocenters. The van der Waals surface area contributed by atoms with E-state index in [2.05, 4.69) is 5.32 Å². The molecule has 5 nitrogen and oxygen atoms in total. The van der Waals surface area contributed by atoms with Crippen molar-refractivity contribution in [2.45, 2.75) is 32.0 Å². The Bertz CT molecular complexity index is 728. The van der Waals surface area contributed by atoms with Crippen molar-refractivity contribution in [2.75, 3.05) is 4.90 Å². The summed E-state index contributed by atoms with van der Waals surface area (Å²) in [5.74, 6) is -0.306. The van der Waals surface area contributed by atoms with Crippen LogP contribution in [0.3, 0.4) is 0 Å². The van der Waals surface area contributed by atoms with Crippen LogP contribution >= 0.6 is 0 Å². The largest absolute Gasteiger partial charge is 0.340 e. The van der Waals surface area contributed by atoms with Gasteiger partial charge in [0.2, 0.25) is 5.91 Å². The average molecular weight is 323 g/mol. The van der Waals surface area contributed by atoms with Crippen LogP contribution < -0.4 is 16.0 Å². The van der Waals surface area contributed by atoms with Crippen LogP contribution in [0.25, 0.3) is 0 Å². The summed E-state index contributed by atoms with van der Waals surface area (Å²) in [6, 6.07) is 16.2. The molecule has 0 bridgehead atoms. The zero-order chi connectivity index (χ0) is 17.1. The molecule has 2 aromatic rings. The average Bonchev–Trinajstić information content (AvgIpc) is 2.89. The van der Waals surface area contributed by atoms with Gasteiger partial charge in [-0.3, -0.25) is 9.59 Å². The van der Waals surface area contributed by atoms with Crippen molar-refractivity contribution >= 4 is 17.5 Å². The fourth-order valence-electron chi connectivity index (χ4n) is 3.06. The van der Waals surface area contributed by atoms with Crippen molar-refractivity contribution in [1.29, 1.82) is 0 Å². The van der Waals surface area contributed by atoms with Gasteiger partial charge in [-0.2, -0.15) is 0 Å². The summed E-state index contributed by atoms with van der Waals surface area (Å²) in [7, 11) is 0. The number of hydrogen-bond acceptors (Lipinski definition) is 3. The van der Waals surface area contributed by atoms with Crippen LogP contribution in [0, 0.1) is 0 Å². The van der Waals surface area contributed by atoms with Gasteiger partial charge in [-0.25, -0.2) is 0 Å². The van der Waals surface area contributed by atoms with Gasteiger partial charge in [-0.05, 0) is 43.2 Å². The Balaban J connectivity index is 1.71. The Hall–Kier alpha value is -2.66. The van der Waals surface area contributed by atoms with Gasteiger partial charge in [0.15, 0.2) is 0 Å². The minimum Gasteiger partial charge on any atom is -0.340 e. The first-order valence-corrected chi connectivity index (χ1v) is 8.08. The fraction of sp³-hybridized carbons (Fsp3) is 0.263. The van der Waals surface area contributed by atoms with Crippen LogP contribution in [-0.4, -0.2) is 23.9 Å². The molecule has 0 aromatic heterocycles. The van der Waals surface area contributed by atoms with E-state index in [4.69, 9.17) is 5.73 Å². The van der Waals surface area contributed by atoms with E-state index in [1.807, 2.05) is 49.4 Å². The molecule has 2 atom stereocenters. The second-order valence-corrected chi connectivity index (χ2v) is 6.06. The Morgan fingerprint density at radius 1 is 1.17 bits per heavy atom. The van der Waals surface area contributed by atoms with Crippen LogP contribution in [0.5, 0.6) is 0 Å². The third-order valence-electron chi connectivity index (χ3n) is 4.34. The summed E-state index contributed by atoms with van der Waals surface area (Å²) >= 11 is 0. The smallest absolute Gasteiger partial charge is 0.251 e. The Morgan fingerprint density at radius 2 is 1.83 bits per heavy atom. The maximum atomic E-state index is 12.7. The van der Waals surface area contributed by atoms with Gasteiger partial charge >= 0.3 is 0 Å². The Morgan fingerprint density at radius 3 is 2.46 bits per heavy atom. The molecule has 0 aliphatic carbocycles. The van der Waals surface area contributed by atoms with Gasteiger partial charge in [-0.15, -0.1) is 0 Å². The summed E-state index contributed by atoms with van der Waals surface area (Å²) in [5.41, 5.74) is 7.92. The van der Waals surface area contributed by atoms with Gasteiger partial charge in [0, 0.05) is 23.8 Å². The zero-order valence-electron chi connectivity index (χ0n) is 13.6. The molecule has 1 aliphatic rings. The van der Waals surface area contributed by atoms with Crippen molar-refractivity contribution < 1.29 is 9.59 Å². The van der Waals surface area contributed by atoms with Crippen LogP contribution in [0.1, 0.15) is 29.3 Å². The third-order valence-corrected chi connectivity index (χ3v) is 4.34. The maximum Gasteiger partial charge on any atom is 0.251 e. The number of rotatable bonds is 4. The van der Waals surface area contributed by atoms with E-state index in [9.17, 15) is 9.59 Å². The van der Waals surface area contributed by atoms with Crippen molar-refractivity contribution in [3.05, 3.63) is 65.7 Å². The molecule has 1 aliphatic heterocycles. The number of hydrogen-bond donors (Lipinski definition) is 2. The molecule has 0 saturated carbocycles. The molecular formula is C19H21N3O2. The lowest BCUT2D eigenvalue weighted by Gasteiger charge is -2.21. The number of amides is 2. The highest BCUT2D eigenvalue weighted by molar-refractivity contribution is 6.04. The second-order valence-electron chi connectivity index (χ2n) is 6.06. The van der Waals surface area contributed by atoms with Gasteiger partial charge < -0.3 is 16.0 Å². The molecule has 2 aromatic carbocycles. The SMILES string of the molecule is CC1CC(NC(=O)c2ccc(CN)cc2)C(=O)N1c1ccccc1. The molecule has 2 amide bonds. The summed E-state index contributed by atoms with van der Waals surface area (Å²) in [6.45, 7) is 2.43. The van der Waals surface area contributed by atoms with Gasteiger partial charge in [0.05, 0.1) is 0 Å². The van der Waals surface area contributed by atoms with E-state index in [0.717, 1.165) is 11.3 Å². The van der Waals surface area contributed by atoms with Crippen molar-refractivity contribution in [1.82, 2.24) is 5.32 Å². The summed E-state index contributed by atoms with van der Waals surface area (Å²) < 4.78 is 0. The maximum absolute atomic E-state index is 12.7. The first-order chi connectivity index (χ1) is 11.6. The first kappa shape index (κ1) is 16.2. The van der Waals surface area contributed by atoms with E-state index in [1.165, 1.54) is 0 Å². The van der Waals surface area contributed by atoms with E-state index in [-0.39, 0.29) is 17.9 Å². The lowest BCUT2D eigenvalue weighted by molar-refractivity contribution is -0.118. The lowest BCUT2D eigenvalue weighted by Crippen LogP contribution is -2.41. The predicted octanol–water partition coefficient (Wildman–Crippen LogP) is 2.07. The molecule has 124 valence electrons. The molecule has 3 rings (SSSR count). The number of anilines is 1. The molecule has 0 radical (unpaired) electrons. The van der Waals surface area contributed by atoms with E-state index in [0.29, 0.717) is 18.5 Å². The zero-order valence-corrected chi connectivity index (χ0v) is 13.6. The van der Waals surface area contributed by atoms with Crippen LogP contribution in [-0.2, 0) is 11.3 Å². The normalized spacial score (nSPS) is 20.2. The molecule has 24 heavy (non-hydrogen) atoms. The number of benzene rings is 2. The molecule has 1 fully saturated rings. The monoisotopic (exact) mass is 323 g/mol. The van der Waals surface area contributed by atoms with E-state index in [1.54, 1.807) is 17.0 Å². The fourth-order valence-corrected chi connectivity index (χ4v) is 3.06. The van der Waals surface area contributed by atoms with E-state index >= 15 is 0 Å². The molecule has 1 heterocycles. The van der Waals surface area contributed by atoms with Crippen LogP contribution in [0.15, 0.2) is 54.6 Å². The number of carbonyl (C=O) groups is 2. The second kappa shape index (κ2) is 6.84. The summed E-state index contributed by atoms with van der Waals surface area (Å²) in [6.07, 6.45) is 0.598. The van der Waals surface area contributed by atoms with Crippen LogP contribution in [0.4, 0.5) is 5.69 Å². The molecule has 5 heteroatoms. The van der Waals surface area contributed by atoms with Crippen molar-refractivity contribution in [3.63, 3.8) is 0 Å². The minimum atomic E-state index is -0.498. The van der Waals surface area contributed by atoms with Crippen molar-refractivity contribution in [3.8, 4) is 0 Å². The van der Waals surface area contributed by atoms with Crippen LogP contribution in [0.2, 0.25) is 0 Å². The highest BCUT2D eigenvalue weighted by Crippen LogP contribution is 2.26.